The van der Waals surface area contributed by atoms with E-state index in [9.17, 15) is 0 Å². The number of para-hydroxylation sites is 1. The van der Waals surface area contributed by atoms with E-state index in [0.717, 1.165) is 55.4 Å². The highest BCUT2D eigenvalue weighted by molar-refractivity contribution is 6.07. The quantitative estimate of drug-likeness (QED) is 0.175. The molecule has 0 amide bonds. The third kappa shape index (κ3) is 5.36. The van der Waals surface area contributed by atoms with Crippen LogP contribution in [0.5, 0.6) is 0 Å². The SMILES string of the molecule is CC1(C)c2cc3ccccc3cc2-c2c(-c3cc(-c4ccc(-c5ccc(-c6ccc7oc8ccccc8c7c6)cc5)c5ccccc45)nc(-c4ccccc4)n3)cccc21. The molecule has 12 rings (SSSR count). The molecule has 0 atom stereocenters. The van der Waals surface area contributed by atoms with Crippen LogP contribution in [0, 0.1) is 0 Å². The molecular weight excluding hydrogens is 729 g/mol. The number of fused-ring (bicyclic) bond motifs is 8. The Balaban J connectivity index is 0.990. The minimum absolute atomic E-state index is 0.157. The maximum atomic E-state index is 6.10. The second-order valence-electron chi connectivity index (χ2n) is 16.5. The van der Waals surface area contributed by atoms with Gasteiger partial charge in [-0.05, 0) is 102 Å². The number of aromatic nitrogens is 2. The highest BCUT2D eigenvalue weighted by Gasteiger charge is 2.37. The Kier molecular flexibility index (Phi) is 7.58. The Bertz CT molecular complexity index is 3500. The van der Waals surface area contributed by atoms with E-state index in [4.69, 9.17) is 14.4 Å². The van der Waals surface area contributed by atoms with E-state index in [0.29, 0.717) is 5.82 Å². The fourth-order valence-corrected chi connectivity index (χ4v) is 9.65. The Hall–Kier alpha value is -7.62. The predicted molar refractivity (Wildman–Crippen MR) is 249 cm³/mol. The molecule has 60 heavy (non-hydrogen) atoms. The fraction of sp³-hybridized carbons (Fsp3) is 0.0526. The van der Waals surface area contributed by atoms with Crippen LogP contribution in [0.3, 0.4) is 0 Å². The third-order valence-electron chi connectivity index (χ3n) is 12.7. The molecule has 3 heteroatoms. The molecule has 1 aliphatic carbocycles. The Morgan fingerprint density at radius 1 is 0.367 bits per heavy atom. The molecule has 0 fully saturated rings. The zero-order valence-corrected chi connectivity index (χ0v) is 33.3. The summed E-state index contributed by atoms with van der Waals surface area (Å²) in [7, 11) is 0. The molecule has 0 radical (unpaired) electrons. The van der Waals surface area contributed by atoms with Crippen molar-refractivity contribution in [1.29, 1.82) is 0 Å². The second-order valence-corrected chi connectivity index (χ2v) is 16.5. The summed E-state index contributed by atoms with van der Waals surface area (Å²) in [6, 6.07) is 69.6. The van der Waals surface area contributed by atoms with Crippen molar-refractivity contribution in [2.75, 3.05) is 0 Å². The smallest absolute Gasteiger partial charge is 0.160 e. The summed E-state index contributed by atoms with van der Waals surface area (Å²) in [4.78, 5) is 10.7. The van der Waals surface area contributed by atoms with Gasteiger partial charge in [-0.25, -0.2) is 9.97 Å². The normalized spacial score (nSPS) is 13.0. The van der Waals surface area contributed by atoms with E-state index < -0.39 is 0 Å². The average Bonchev–Trinajstić information content (AvgIpc) is 3.79. The summed E-state index contributed by atoms with van der Waals surface area (Å²) < 4.78 is 6.10. The van der Waals surface area contributed by atoms with Gasteiger partial charge >= 0.3 is 0 Å². The van der Waals surface area contributed by atoms with Crippen molar-refractivity contribution in [2.24, 2.45) is 0 Å². The number of nitrogens with zero attached hydrogens (tertiary/aromatic N) is 2. The van der Waals surface area contributed by atoms with Gasteiger partial charge in [0.1, 0.15) is 11.2 Å². The molecule has 2 heterocycles. The van der Waals surface area contributed by atoms with Crippen LogP contribution in [0.25, 0.3) is 111 Å². The highest BCUT2D eigenvalue weighted by Crippen LogP contribution is 2.53. The maximum Gasteiger partial charge on any atom is 0.160 e. The first-order valence-electron chi connectivity index (χ1n) is 20.6. The Morgan fingerprint density at radius 2 is 0.983 bits per heavy atom. The number of hydrogen-bond donors (Lipinski definition) is 0. The largest absolute Gasteiger partial charge is 0.456 e. The van der Waals surface area contributed by atoms with Crippen LogP contribution in [0.1, 0.15) is 25.0 Å². The molecule has 2 aromatic heterocycles. The molecule has 3 nitrogen and oxygen atoms in total. The van der Waals surface area contributed by atoms with Gasteiger partial charge in [-0.3, -0.25) is 0 Å². The van der Waals surface area contributed by atoms with E-state index in [1.165, 1.54) is 60.7 Å². The topological polar surface area (TPSA) is 38.9 Å². The third-order valence-corrected chi connectivity index (χ3v) is 12.7. The molecule has 0 spiro atoms. The standard InChI is InChI=1S/C57H38N2O/c1-57(2)49-21-12-20-46(55(49)48-32-38-15-6-7-16-39(38)33-50(48)57)52-34-51(58-56(59-52)37-13-4-3-5-14-37)44-29-28-41(42-17-8-9-18-43(42)44)36-25-23-35(24-26-36)40-27-30-54-47(31-40)45-19-10-11-22-53(45)60-54/h3-34H,1-2H3. The molecule has 1 aliphatic rings. The van der Waals surface area contributed by atoms with Gasteiger partial charge in [0.15, 0.2) is 5.82 Å². The first kappa shape index (κ1) is 34.4. The molecule has 0 aliphatic heterocycles. The number of benzene rings is 9. The maximum absolute atomic E-state index is 6.10. The van der Waals surface area contributed by atoms with Crippen molar-refractivity contribution in [3.63, 3.8) is 0 Å². The van der Waals surface area contributed by atoms with E-state index in [1.807, 2.05) is 18.2 Å². The van der Waals surface area contributed by atoms with E-state index >= 15 is 0 Å². The van der Waals surface area contributed by atoms with Crippen molar-refractivity contribution in [1.82, 2.24) is 9.97 Å². The van der Waals surface area contributed by atoms with Crippen molar-refractivity contribution >= 4 is 43.5 Å². The van der Waals surface area contributed by atoms with Crippen LogP contribution in [0.4, 0.5) is 0 Å². The van der Waals surface area contributed by atoms with Gasteiger partial charge in [-0.15, -0.1) is 0 Å². The molecule has 0 bridgehead atoms. The molecule has 9 aromatic carbocycles. The molecule has 0 unspecified atom stereocenters. The summed E-state index contributed by atoms with van der Waals surface area (Å²) >= 11 is 0. The van der Waals surface area contributed by atoms with Gasteiger partial charge < -0.3 is 4.42 Å². The van der Waals surface area contributed by atoms with Crippen LogP contribution >= 0.6 is 0 Å². The number of hydrogen-bond acceptors (Lipinski definition) is 3. The van der Waals surface area contributed by atoms with Crippen LogP contribution in [-0.4, -0.2) is 9.97 Å². The zero-order chi connectivity index (χ0) is 40.0. The van der Waals surface area contributed by atoms with Gasteiger partial charge in [0.2, 0.25) is 0 Å². The lowest BCUT2D eigenvalue weighted by molar-refractivity contribution is 0.661. The van der Waals surface area contributed by atoms with Crippen molar-refractivity contribution in [3.8, 4) is 67.3 Å². The number of rotatable bonds is 5. The van der Waals surface area contributed by atoms with Crippen molar-refractivity contribution in [3.05, 3.63) is 205 Å². The summed E-state index contributed by atoms with van der Waals surface area (Å²) in [5.41, 5.74) is 16.6. The lowest BCUT2D eigenvalue weighted by atomic mass is 9.81. The first-order valence-corrected chi connectivity index (χ1v) is 20.6. The minimum atomic E-state index is -0.157. The van der Waals surface area contributed by atoms with Crippen LogP contribution in [0.2, 0.25) is 0 Å². The molecule has 282 valence electrons. The van der Waals surface area contributed by atoms with Gasteiger partial charge in [0.05, 0.1) is 11.4 Å². The summed E-state index contributed by atoms with van der Waals surface area (Å²) in [6.07, 6.45) is 0. The summed E-state index contributed by atoms with van der Waals surface area (Å²) in [6.45, 7) is 4.69. The molecule has 11 aromatic rings. The molecule has 0 saturated heterocycles. The van der Waals surface area contributed by atoms with Crippen molar-refractivity contribution in [2.45, 2.75) is 19.3 Å². The minimum Gasteiger partial charge on any atom is -0.456 e. The molecular formula is C57H38N2O. The van der Waals surface area contributed by atoms with Crippen LogP contribution in [0.15, 0.2) is 199 Å². The summed E-state index contributed by atoms with van der Waals surface area (Å²) in [5, 5.41) is 7.11. The van der Waals surface area contributed by atoms with Gasteiger partial charge in [-0.2, -0.15) is 0 Å². The fourth-order valence-electron chi connectivity index (χ4n) is 9.65. The zero-order valence-electron chi connectivity index (χ0n) is 33.3. The summed E-state index contributed by atoms with van der Waals surface area (Å²) in [5.74, 6) is 0.710. The van der Waals surface area contributed by atoms with Crippen LogP contribution in [-0.2, 0) is 5.41 Å². The predicted octanol–water partition coefficient (Wildman–Crippen LogP) is 15.3. The average molecular weight is 767 g/mol. The second kappa shape index (κ2) is 13.2. The molecule has 0 N–H and O–H groups in total. The lowest BCUT2D eigenvalue weighted by Gasteiger charge is -2.22. The lowest BCUT2D eigenvalue weighted by Crippen LogP contribution is -2.14. The highest BCUT2D eigenvalue weighted by atomic mass is 16.3. The van der Waals surface area contributed by atoms with E-state index in [1.54, 1.807) is 0 Å². The van der Waals surface area contributed by atoms with Gasteiger partial charge in [-0.1, -0.05) is 172 Å². The van der Waals surface area contributed by atoms with Crippen molar-refractivity contribution < 1.29 is 4.42 Å². The van der Waals surface area contributed by atoms with E-state index in [-0.39, 0.29) is 5.41 Å². The van der Waals surface area contributed by atoms with Crippen LogP contribution < -0.4 is 0 Å². The monoisotopic (exact) mass is 766 g/mol. The Morgan fingerprint density at radius 3 is 1.78 bits per heavy atom. The van der Waals surface area contributed by atoms with Gasteiger partial charge in [0, 0.05) is 32.9 Å². The number of furan rings is 1. The van der Waals surface area contributed by atoms with Gasteiger partial charge in [0.25, 0.3) is 0 Å². The first-order chi connectivity index (χ1) is 29.5. The molecule has 0 saturated carbocycles. The van der Waals surface area contributed by atoms with E-state index in [2.05, 4.69) is 190 Å². The Labute approximate surface area is 348 Å².